The molecule has 0 aliphatic rings. The third kappa shape index (κ3) is 3.24. The minimum absolute atomic E-state index is 0.129. The number of ether oxygens (including phenoxy) is 1. The number of nitrogens with two attached hydrogens (primary N) is 1. The van der Waals surface area contributed by atoms with E-state index in [-0.39, 0.29) is 5.91 Å². The average molecular weight is 288 g/mol. The van der Waals surface area contributed by atoms with Crippen LogP contribution in [0.5, 0.6) is 5.75 Å². The van der Waals surface area contributed by atoms with Crippen LogP contribution in [0.15, 0.2) is 52.3 Å². The van der Waals surface area contributed by atoms with Crippen molar-refractivity contribution in [1.29, 1.82) is 0 Å². The maximum atomic E-state index is 11.9. The first-order valence-electron chi connectivity index (χ1n) is 6.07. The standard InChI is InChI=1S/C15H16N2O2S/c1-17-15(18)13-7-6-10(16)8-14(13)20-12-5-3-4-11(9-12)19-2/h3-9H,16H2,1-2H3,(H,17,18). The molecule has 4 nitrogen and oxygen atoms in total. The highest BCUT2D eigenvalue weighted by Gasteiger charge is 2.11. The van der Waals surface area contributed by atoms with E-state index in [2.05, 4.69) is 5.32 Å². The normalized spacial score (nSPS) is 10.1. The van der Waals surface area contributed by atoms with Crippen molar-refractivity contribution in [3.8, 4) is 5.75 Å². The van der Waals surface area contributed by atoms with Gasteiger partial charge in [-0.3, -0.25) is 4.79 Å². The van der Waals surface area contributed by atoms with Gasteiger partial charge >= 0.3 is 0 Å². The lowest BCUT2D eigenvalue weighted by atomic mass is 10.2. The first-order valence-corrected chi connectivity index (χ1v) is 6.89. The molecule has 0 bridgehead atoms. The van der Waals surface area contributed by atoms with Crippen LogP contribution < -0.4 is 15.8 Å². The fraction of sp³-hybridized carbons (Fsp3) is 0.133. The summed E-state index contributed by atoms with van der Waals surface area (Å²) in [6.45, 7) is 0. The molecule has 2 rings (SSSR count). The summed E-state index contributed by atoms with van der Waals surface area (Å²) in [4.78, 5) is 13.7. The highest BCUT2D eigenvalue weighted by atomic mass is 32.2. The van der Waals surface area contributed by atoms with Gasteiger partial charge in [0, 0.05) is 22.5 Å². The third-order valence-electron chi connectivity index (χ3n) is 2.75. The number of benzene rings is 2. The molecule has 0 atom stereocenters. The Balaban J connectivity index is 2.36. The van der Waals surface area contributed by atoms with Crippen molar-refractivity contribution in [3.63, 3.8) is 0 Å². The number of hydrogen-bond acceptors (Lipinski definition) is 4. The van der Waals surface area contributed by atoms with Crippen molar-refractivity contribution in [2.75, 3.05) is 19.9 Å². The maximum Gasteiger partial charge on any atom is 0.252 e. The Labute approximate surface area is 122 Å². The van der Waals surface area contributed by atoms with E-state index >= 15 is 0 Å². The second kappa shape index (κ2) is 6.34. The van der Waals surface area contributed by atoms with Gasteiger partial charge in [-0.15, -0.1) is 0 Å². The molecule has 5 heteroatoms. The molecule has 0 saturated carbocycles. The van der Waals surface area contributed by atoms with Crippen molar-refractivity contribution >= 4 is 23.4 Å². The van der Waals surface area contributed by atoms with E-state index < -0.39 is 0 Å². The molecular formula is C15H16N2O2S. The van der Waals surface area contributed by atoms with Gasteiger partial charge in [0.05, 0.1) is 12.7 Å². The van der Waals surface area contributed by atoms with Crippen molar-refractivity contribution in [1.82, 2.24) is 5.32 Å². The van der Waals surface area contributed by atoms with E-state index in [4.69, 9.17) is 10.5 Å². The maximum absolute atomic E-state index is 11.9. The van der Waals surface area contributed by atoms with Crippen molar-refractivity contribution < 1.29 is 9.53 Å². The zero-order valence-corrected chi connectivity index (χ0v) is 12.2. The van der Waals surface area contributed by atoms with Crippen LogP contribution in [-0.2, 0) is 0 Å². The van der Waals surface area contributed by atoms with Gasteiger partial charge in [-0.1, -0.05) is 17.8 Å². The molecule has 0 aliphatic heterocycles. The summed E-state index contributed by atoms with van der Waals surface area (Å²) >= 11 is 1.48. The SMILES string of the molecule is CNC(=O)c1ccc(N)cc1Sc1cccc(OC)c1. The largest absolute Gasteiger partial charge is 0.497 e. The molecule has 3 N–H and O–H groups in total. The Morgan fingerprint density at radius 3 is 2.75 bits per heavy atom. The lowest BCUT2D eigenvalue weighted by molar-refractivity contribution is 0.0960. The Kier molecular flexibility index (Phi) is 4.53. The fourth-order valence-corrected chi connectivity index (χ4v) is 2.78. The number of nitrogens with one attached hydrogen (secondary N) is 1. The van der Waals surface area contributed by atoms with Gasteiger partial charge in [-0.25, -0.2) is 0 Å². The van der Waals surface area contributed by atoms with E-state index in [1.807, 2.05) is 24.3 Å². The molecule has 0 heterocycles. The number of anilines is 1. The lowest BCUT2D eigenvalue weighted by Gasteiger charge is -2.10. The first-order chi connectivity index (χ1) is 9.63. The fourth-order valence-electron chi connectivity index (χ4n) is 1.74. The Morgan fingerprint density at radius 2 is 2.05 bits per heavy atom. The van der Waals surface area contributed by atoms with Crippen LogP contribution in [0.1, 0.15) is 10.4 Å². The molecule has 0 saturated heterocycles. The second-order valence-corrected chi connectivity index (χ2v) is 5.23. The Bertz CT molecular complexity index is 629. The molecule has 20 heavy (non-hydrogen) atoms. The summed E-state index contributed by atoms with van der Waals surface area (Å²) in [5.74, 6) is 0.649. The van der Waals surface area contributed by atoms with Crippen LogP contribution in [0.25, 0.3) is 0 Å². The third-order valence-corrected chi connectivity index (χ3v) is 3.79. The predicted octanol–water partition coefficient (Wildman–Crippen LogP) is 2.79. The highest BCUT2D eigenvalue weighted by Crippen LogP contribution is 2.33. The number of amides is 1. The van der Waals surface area contributed by atoms with E-state index in [0.29, 0.717) is 11.3 Å². The minimum atomic E-state index is -0.129. The van der Waals surface area contributed by atoms with Crippen LogP contribution in [0.3, 0.4) is 0 Å². The van der Waals surface area contributed by atoms with E-state index in [1.54, 1.807) is 32.4 Å². The monoisotopic (exact) mass is 288 g/mol. The molecule has 2 aromatic carbocycles. The number of carbonyl (C=O) groups is 1. The van der Waals surface area contributed by atoms with Gasteiger partial charge in [0.2, 0.25) is 0 Å². The molecule has 104 valence electrons. The van der Waals surface area contributed by atoms with Crippen LogP contribution >= 0.6 is 11.8 Å². The summed E-state index contributed by atoms with van der Waals surface area (Å²) in [7, 11) is 3.24. The predicted molar refractivity (Wildman–Crippen MR) is 81.4 cm³/mol. The van der Waals surface area contributed by atoms with E-state index in [1.165, 1.54) is 11.8 Å². The second-order valence-electron chi connectivity index (χ2n) is 4.12. The van der Waals surface area contributed by atoms with Crippen molar-refractivity contribution in [2.24, 2.45) is 0 Å². The molecule has 1 amide bonds. The van der Waals surface area contributed by atoms with Gasteiger partial charge in [0.15, 0.2) is 0 Å². The van der Waals surface area contributed by atoms with Crippen molar-refractivity contribution in [3.05, 3.63) is 48.0 Å². The van der Waals surface area contributed by atoms with Gasteiger partial charge in [0.25, 0.3) is 5.91 Å². The molecule has 0 fully saturated rings. The van der Waals surface area contributed by atoms with E-state index in [0.717, 1.165) is 15.5 Å². The van der Waals surface area contributed by atoms with Crippen LogP contribution in [0.4, 0.5) is 5.69 Å². The van der Waals surface area contributed by atoms with Gasteiger partial charge in [0.1, 0.15) is 5.75 Å². The van der Waals surface area contributed by atoms with Crippen molar-refractivity contribution in [2.45, 2.75) is 9.79 Å². The number of hydrogen-bond donors (Lipinski definition) is 2. The molecule has 0 radical (unpaired) electrons. The van der Waals surface area contributed by atoms with E-state index in [9.17, 15) is 4.79 Å². The zero-order valence-electron chi connectivity index (χ0n) is 11.3. The summed E-state index contributed by atoms with van der Waals surface area (Å²) in [6, 6.07) is 12.9. The minimum Gasteiger partial charge on any atom is -0.497 e. The topological polar surface area (TPSA) is 64.4 Å². The Hall–Kier alpha value is -2.14. The molecule has 0 aromatic heterocycles. The lowest BCUT2D eigenvalue weighted by Crippen LogP contribution is -2.18. The zero-order chi connectivity index (χ0) is 14.5. The van der Waals surface area contributed by atoms with Crippen LogP contribution in [0, 0.1) is 0 Å². The summed E-state index contributed by atoms with van der Waals surface area (Å²) in [6.07, 6.45) is 0. The smallest absolute Gasteiger partial charge is 0.252 e. The van der Waals surface area contributed by atoms with Gasteiger partial charge < -0.3 is 15.8 Å². The number of nitrogen functional groups attached to an aromatic ring is 1. The highest BCUT2D eigenvalue weighted by molar-refractivity contribution is 7.99. The van der Waals surface area contributed by atoms with Crippen LogP contribution in [0.2, 0.25) is 0 Å². The molecule has 2 aromatic rings. The Morgan fingerprint density at radius 1 is 1.25 bits per heavy atom. The quantitative estimate of drug-likeness (QED) is 0.849. The number of rotatable bonds is 4. The first kappa shape index (κ1) is 14.3. The number of carbonyl (C=O) groups excluding carboxylic acids is 1. The van der Waals surface area contributed by atoms with Gasteiger partial charge in [-0.05, 0) is 36.4 Å². The van der Waals surface area contributed by atoms with Crippen LogP contribution in [-0.4, -0.2) is 20.1 Å². The average Bonchev–Trinajstić information content (AvgIpc) is 2.47. The molecular weight excluding hydrogens is 272 g/mol. The molecule has 0 spiro atoms. The molecule has 0 aliphatic carbocycles. The summed E-state index contributed by atoms with van der Waals surface area (Å²) in [5.41, 5.74) is 7.04. The van der Waals surface area contributed by atoms with Gasteiger partial charge in [-0.2, -0.15) is 0 Å². The number of methoxy groups -OCH3 is 1. The summed E-state index contributed by atoms with van der Waals surface area (Å²) < 4.78 is 5.20. The molecule has 0 unspecified atom stereocenters. The summed E-state index contributed by atoms with van der Waals surface area (Å²) in [5, 5.41) is 2.63.